The lowest BCUT2D eigenvalue weighted by molar-refractivity contribution is -0.139. The molecule has 0 saturated carbocycles. The number of nitrogens with one attached hydrogen (secondary N) is 1. The van der Waals surface area contributed by atoms with Crippen LogP contribution >= 0.6 is 34.9 Å². The molecule has 6 nitrogen and oxygen atoms in total. The third kappa shape index (κ3) is 6.10. The molecule has 0 aliphatic rings. The van der Waals surface area contributed by atoms with Gasteiger partial charge in [-0.3, -0.25) is 14.9 Å². The zero-order chi connectivity index (χ0) is 15.0. The zero-order valence-corrected chi connectivity index (χ0v) is 14.0. The van der Waals surface area contributed by atoms with E-state index in [0.29, 0.717) is 11.7 Å². The van der Waals surface area contributed by atoms with Crippen molar-refractivity contribution in [3.05, 3.63) is 0 Å². The minimum Gasteiger partial charge on any atom is -0.465 e. The number of hydrogen-bond donors (Lipinski definition) is 1. The van der Waals surface area contributed by atoms with Gasteiger partial charge in [0, 0.05) is 0 Å². The molecule has 0 aliphatic heterocycles. The molecule has 1 amide bonds. The van der Waals surface area contributed by atoms with E-state index in [1.54, 1.807) is 25.6 Å². The Labute approximate surface area is 130 Å². The first kappa shape index (κ1) is 17.3. The van der Waals surface area contributed by atoms with Crippen LogP contribution in [0.15, 0.2) is 4.34 Å². The quantitative estimate of drug-likeness (QED) is 0.443. The van der Waals surface area contributed by atoms with Gasteiger partial charge in [-0.25, -0.2) is 0 Å². The Morgan fingerprint density at radius 1 is 1.40 bits per heavy atom. The maximum Gasteiger partial charge on any atom is 0.315 e. The molecule has 1 N–H and O–H groups in total. The van der Waals surface area contributed by atoms with Crippen molar-refractivity contribution in [1.29, 1.82) is 0 Å². The molecule has 0 aliphatic carbocycles. The molecule has 20 heavy (non-hydrogen) atoms. The summed E-state index contributed by atoms with van der Waals surface area (Å²) in [4.78, 5) is 23.1. The van der Waals surface area contributed by atoms with Crippen molar-refractivity contribution in [2.75, 3.05) is 23.4 Å². The summed E-state index contributed by atoms with van der Waals surface area (Å²) in [6, 6.07) is 0. The number of aromatic nitrogens is 2. The molecule has 0 aromatic carbocycles. The second-order valence-corrected chi connectivity index (χ2v) is 7.37. The number of nitrogens with zero attached hydrogens (tertiary/aromatic N) is 2. The van der Waals surface area contributed by atoms with Gasteiger partial charge in [-0.05, 0) is 19.6 Å². The fourth-order valence-corrected chi connectivity index (χ4v) is 3.45. The van der Waals surface area contributed by atoms with E-state index in [1.807, 2.05) is 6.92 Å². The monoisotopic (exact) mass is 335 g/mol. The molecule has 1 rings (SSSR count). The highest BCUT2D eigenvalue weighted by Crippen LogP contribution is 2.25. The maximum absolute atomic E-state index is 11.9. The second kappa shape index (κ2) is 9.19. The van der Waals surface area contributed by atoms with Crippen molar-refractivity contribution in [1.82, 2.24) is 10.2 Å². The zero-order valence-electron chi connectivity index (χ0n) is 11.5. The molecule has 0 radical (unpaired) electrons. The van der Waals surface area contributed by atoms with Crippen molar-refractivity contribution in [2.45, 2.75) is 30.4 Å². The molecule has 112 valence electrons. The predicted molar refractivity (Wildman–Crippen MR) is 83.5 cm³/mol. The highest BCUT2D eigenvalue weighted by molar-refractivity contribution is 8.01. The van der Waals surface area contributed by atoms with Gasteiger partial charge in [0.1, 0.15) is 0 Å². The van der Waals surface area contributed by atoms with E-state index in [1.165, 1.54) is 23.1 Å². The van der Waals surface area contributed by atoms with Gasteiger partial charge in [0.15, 0.2) is 4.34 Å². The number of carbonyl (C=O) groups is 2. The number of hydrogen-bond acceptors (Lipinski definition) is 8. The Morgan fingerprint density at radius 3 is 2.80 bits per heavy atom. The lowest BCUT2D eigenvalue weighted by atomic mass is 10.4. The fraction of sp³-hybridized carbons (Fsp3) is 0.636. The highest BCUT2D eigenvalue weighted by Gasteiger charge is 2.17. The molecule has 1 aromatic heterocycles. The molecule has 9 heteroatoms. The van der Waals surface area contributed by atoms with Crippen LogP contribution in [0.1, 0.15) is 20.8 Å². The molecule has 0 saturated heterocycles. The molecule has 0 fully saturated rings. The van der Waals surface area contributed by atoms with Gasteiger partial charge in [-0.15, -0.1) is 22.0 Å². The molecular formula is C11H17N3O3S3. The van der Waals surface area contributed by atoms with Gasteiger partial charge in [0.25, 0.3) is 0 Å². The average molecular weight is 335 g/mol. The number of esters is 1. The molecular weight excluding hydrogens is 318 g/mol. The lowest BCUT2D eigenvalue weighted by Gasteiger charge is -2.09. The van der Waals surface area contributed by atoms with E-state index in [9.17, 15) is 9.59 Å². The summed E-state index contributed by atoms with van der Waals surface area (Å²) < 4.78 is 5.63. The number of carbonyl (C=O) groups excluding carboxylic acids is 2. The smallest absolute Gasteiger partial charge is 0.315 e. The largest absolute Gasteiger partial charge is 0.465 e. The predicted octanol–water partition coefficient (Wildman–Crippen LogP) is 2.27. The van der Waals surface area contributed by atoms with Crippen LogP contribution in [0.2, 0.25) is 0 Å². The number of amides is 1. The molecule has 1 atom stereocenters. The van der Waals surface area contributed by atoms with Gasteiger partial charge in [-0.1, -0.05) is 30.0 Å². The van der Waals surface area contributed by atoms with E-state index in [4.69, 9.17) is 4.74 Å². The third-order valence-corrected chi connectivity index (χ3v) is 5.00. The van der Waals surface area contributed by atoms with Crippen molar-refractivity contribution in [3.63, 3.8) is 0 Å². The fourth-order valence-electron chi connectivity index (χ4n) is 1.12. The van der Waals surface area contributed by atoms with E-state index in [-0.39, 0.29) is 22.9 Å². The van der Waals surface area contributed by atoms with Crippen molar-refractivity contribution < 1.29 is 14.3 Å². The van der Waals surface area contributed by atoms with E-state index in [2.05, 4.69) is 15.5 Å². The van der Waals surface area contributed by atoms with E-state index in [0.717, 1.165) is 10.1 Å². The van der Waals surface area contributed by atoms with Gasteiger partial charge >= 0.3 is 5.97 Å². The Kier molecular flexibility index (Phi) is 7.93. The summed E-state index contributed by atoms with van der Waals surface area (Å²) in [7, 11) is 0. The summed E-state index contributed by atoms with van der Waals surface area (Å²) in [6.07, 6.45) is 0. The van der Waals surface area contributed by atoms with Crippen LogP contribution in [-0.4, -0.2) is 45.4 Å². The lowest BCUT2D eigenvalue weighted by Crippen LogP contribution is -2.24. The summed E-state index contributed by atoms with van der Waals surface area (Å²) in [5.74, 6) is 0.572. The minimum absolute atomic E-state index is 0.162. The second-order valence-electron chi connectivity index (χ2n) is 3.55. The first-order valence-corrected chi connectivity index (χ1v) is 8.96. The molecule has 0 bridgehead atoms. The van der Waals surface area contributed by atoms with Gasteiger partial charge in [-0.2, -0.15) is 0 Å². The van der Waals surface area contributed by atoms with Gasteiger partial charge in [0.2, 0.25) is 11.0 Å². The van der Waals surface area contributed by atoms with Gasteiger partial charge in [0.05, 0.1) is 17.6 Å². The average Bonchev–Trinajstić information content (AvgIpc) is 2.84. The molecule has 0 spiro atoms. The topological polar surface area (TPSA) is 81.2 Å². The minimum atomic E-state index is -0.356. The molecule has 1 heterocycles. The van der Waals surface area contributed by atoms with Crippen LogP contribution in [0.5, 0.6) is 0 Å². The molecule has 0 unspecified atom stereocenters. The number of ether oxygens (including phenoxy) is 1. The van der Waals surface area contributed by atoms with Crippen molar-refractivity contribution in [2.24, 2.45) is 0 Å². The Bertz CT molecular complexity index is 453. The van der Waals surface area contributed by atoms with Crippen molar-refractivity contribution in [3.8, 4) is 0 Å². The summed E-state index contributed by atoms with van der Waals surface area (Å²) >= 11 is 4.16. The van der Waals surface area contributed by atoms with E-state index >= 15 is 0 Å². The van der Waals surface area contributed by atoms with Crippen LogP contribution in [0, 0.1) is 0 Å². The highest BCUT2D eigenvalue weighted by atomic mass is 32.2. The Morgan fingerprint density at radius 2 is 2.15 bits per heavy atom. The Hall–Kier alpha value is -0.800. The number of rotatable bonds is 8. The van der Waals surface area contributed by atoms with Crippen LogP contribution in [0.25, 0.3) is 0 Å². The first-order chi connectivity index (χ1) is 9.56. The standard InChI is InChI=1S/C11H17N3O3S3/c1-4-17-8(15)6-19-7(3)9(16)12-10-13-14-11(20-10)18-5-2/h7H,4-6H2,1-3H3,(H,12,13,16)/t7-/m1/s1. The number of anilines is 1. The maximum atomic E-state index is 11.9. The molecule has 1 aromatic rings. The normalized spacial score (nSPS) is 11.9. The summed E-state index contributed by atoms with van der Waals surface area (Å²) in [6.45, 7) is 5.86. The van der Waals surface area contributed by atoms with Crippen LogP contribution < -0.4 is 5.32 Å². The number of thioether (sulfide) groups is 2. The third-order valence-electron chi connectivity index (χ3n) is 2.03. The van der Waals surface area contributed by atoms with Gasteiger partial charge < -0.3 is 4.74 Å². The Balaban J connectivity index is 2.38. The van der Waals surface area contributed by atoms with E-state index < -0.39 is 0 Å². The summed E-state index contributed by atoms with van der Waals surface area (Å²) in [5.41, 5.74) is 0. The van der Waals surface area contributed by atoms with Crippen molar-refractivity contribution >= 4 is 51.9 Å². The van der Waals surface area contributed by atoms with Crippen LogP contribution in [-0.2, 0) is 14.3 Å². The van der Waals surface area contributed by atoms with Crippen LogP contribution in [0.4, 0.5) is 5.13 Å². The SMILES string of the molecule is CCOC(=O)CS[C@H](C)C(=O)Nc1nnc(SCC)s1. The first-order valence-electron chi connectivity index (χ1n) is 6.11. The van der Waals surface area contributed by atoms with Crippen LogP contribution in [0.3, 0.4) is 0 Å². The summed E-state index contributed by atoms with van der Waals surface area (Å²) in [5, 5.41) is 10.7.